The number of carbonyl (C=O) groups is 2. The van der Waals surface area contributed by atoms with Crippen LogP contribution < -0.4 is 0 Å². The van der Waals surface area contributed by atoms with Gasteiger partial charge in [0.15, 0.2) is 26.0 Å². The molecule has 4 unspecified atom stereocenters. The Balaban J connectivity index is 2.85. The molecule has 0 aromatic rings. The molecule has 0 saturated heterocycles. The minimum atomic E-state index is -3.14. The van der Waals surface area contributed by atoms with E-state index in [2.05, 4.69) is 0 Å². The Morgan fingerprint density at radius 2 is 0.714 bits per heavy atom. The maximum atomic E-state index is 12.2. The topological polar surface area (TPSA) is 74.6 Å². The first-order valence-corrected chi connectivity index (χ1v) is 15.1. The lowest BCUT2D eigenvalue weighted by atomic mass is 9.83. The standard InChI is InChI=1S/C14H6Cl16O4S/c15-5(16)1-7(19,13(27,28)9(21,3(31)32)11(5,23)24)35-8(20)2-6(17,18)12(25,26)10(22,4(33)34)14(8,29)30/h1-2H2,(H,31,32)(H,33,34). The Morgan fingerprint density at radius 1 is 0.486 bits per heavy atom. The second kappa shape index (κ2) is 9.73. The van der Waals surface area contributed by atoms with Crippen LogP contribution in [0.3, 0.4) is 0 Å². The van der Waals surface area contributed by atoms with E-state index in [1.54, 1.807) is 0 Å². The summed E-state index contributed by atoms with van der Waals surface area (Å²) in [5.41, 5.74) is 0. The second-order valence-corrected chi connectivity index (χ2v) is 20.3. The lowest BCUT2D eigenvalue weighted by Gasteiger charge is -2.62. The number of thioether (sulfide) groups is 1. The van der Waals surface area contributed by atoms with Gasteiger partial charge in [-0.2, -0.15) is 0 Å². The van der Waals surface area contributed by atoms with Gasteiger partial charge in [0.1, 0.15) is 8.41 Å². The van der Waals surface area contributed by atoms with Crippen molar-refractivity contribution in [2.75, 3.05) is 0 Å². The molecule has 204 valence electrons. The number of rotatable bonds is 4. The SMILES string of the molecule is O=C(O)C1(Cl)C(Cl)(Cl)C(Cl)(Cl)CC(Cl)(SC2(Cl)CC(Cl)(Cl)C(Cl)(Cl)C(Cl)(C(=O)O)C2(Cl)Cl)C1(Cl)Cl. The van der Waals surface area contributed by atoms with Gasteiger partial charge in [-0.25, -0.2) is 0 Å². The molecule has 2 fully saturated rings. The fourth-order valence-electron chi connectivity index (χ4n) is 3.42. The molecule has 0 bridgehead atoms. The van der Waals surface area contributed by atoms with Crippen molar-refractivity contribution in [2.45, 2.75) is 57.0 Å². The molecule has 2 aliphatic rings. The van der Waals surface area contributed by atoms with Gasteiger partial charge in [-0.05, 0) is 0 Å². The Bertz CT molecular complexity index is 883. The molecule has 2 N–H and O–H groups in total. The third kappa shape index (κ3) is 4.36. The smallest absolute Gasteiger partial charge is 0.331 e. The third-order valence-electron chi connectivity index (χ3n) is 5.40. The summed E-state index contributed by atoms with van der Waals surface area (Å²) in [5.74, 6) is -4.00. The van der Waals surface area contributed by atoms with Crippen molar-refractivity contribution >= 4 is 209 Å². The van der Waals surface area contributed by atoms with Gasteiger partial charge in [-0.15, -0.1) is 35.0 Å². The molecule has 0 amide bonds. The Labute approximate surface area is 282 Å². The first-order chi connectivity index (χ1) is 15.0. The van der Waals surface area contributed by atoms with Gasteiger partial charge < -0.3 is 10.2 Å². The van der Waals surface area contributed by atoms with E-state index in [0.717, 1.165) is 0 Å². The number of carboxylic acid groups (broad SMARTS) is 2. The Hall–Kier alpha value is 3.93. The number of hydrogen-bond donors (Lipinski definition) is 2. The van der Waals surface area contributed by atoms with E-state index in [4.69, 9.17) is 186 Å². The molecule has 0 spiro atoms. The summed E-state index contributed by atoms with van der Waals surface area (Å²) in [5, 5.41) is 19.8. The predicted molar refractivity (Wildman–Crippen MR) is 153 cm³/mol. The second-order valence-electron chi connectivity index (χ2n) is 7.55. The van der Waals surface area contributed by atoms with E-state index in [1.165, 1.54) is 0 Å². The summed E-state index contributed by atoms with van der Waals surface area (Å²) < 4.78 is -21.4. The van der Waals surface area contributed by atoms with E-state index >= 15 is 0 Å². The summed E-state index contributed by atoms with van der Waals surface area (Å²) >= 11 is 102. The summed E-state index contributed by atoms with van der Waals surface area (Å²) in [4.78, 5) is 18.2. The van der Waals surface area contributed by atoms with Crippen LogP contribution in [0.1, 0.15) is 12.8 Å². The van der Waals surface area contributed by atoms with Crippen molar-refractivity contribution in [3.8, 4) is 0 Å². The van der Waals surface area contributed by atoms with Crippen LogP contribution in [0.2, 0.25) is 0 Å². The van der Waals surface area contributed by atoms with Crippen molar-refractivity contribution in [1.82, 2.24) is 0 Å². The molecule has 0 aromatic carbocycles. The Morgan fingerprint density at radius 3 is 0.914 bits per heavy atom. The fourth-order valence-corrected chi connectivity index (χ4v) is 12.8. The van der Waals surface area contributed by atoms with Crippen LogP contribution in [0.25, 0.3) is 0 Å². The molecule has 4 atom stereocenters. The fraction of sp³-hybridized carbons (Fsp3) is 0.857. The molecule has 4 nitrogen and oxygen atoms in total. The summed E-state index contributed by atoms with van der Waals surface area (Å²) in [7, 11) is 0. The molecule has 2 aliphatic carbocycles. The average Bonchev–Trinajstić information content (AvgIpc) is 2.62. The molecular formula is C14H6Cl16O4S. The number of carboxylic acids is 2. The lowest BCUT2D eigenvalue weighted by molar-refractivity contribution is -0.142. The molecule has 2 saturated carbocycles. The highest BCUT2D eigenvalue weighted by atomic mass is 35.6. The van der Waals surface area contributed by atoms with Gasteiger partial charge in [0.05, 0.1) is 0 Å². The highest BCUT2D eigenvalue weighted by Gasteiger charge is 2.87. The largest absolute Gasteiger partial charge is 0.480 e. The number of hydrogen-bond acceptors (Lipinski definition) is 3. The van der Waals surface area contributed by atoms with Gasteiger partial charge in [-0.1, -0.05) is 162 Å². The number of aliphatic carboxylic acids is 2. The zero-order valence-electron chi connectivity index (χ0n) is 15.6. The van der Waals surface area contributed by atoms with E-state index in [-0.39, 0.29) is 11.8 Å². The van der Waals surface area contributed by atoms with Crippen molar-refractivity contribution in [3.63, 3.8) is 0 Å². The maximum absolute atomic E-state index is 12.2. The van der Waals surface area contributed by atoms with Gasteiger partial charge >= 0.3 is 11.9 Å². The number of alkyl halides is 16. The van der Waals surface area contributed by atoms with E-state index in [0.29, 0.717) is 0 Å². The van der Waals surface area contributed by atoms with Gasteiger partial charge in [0.25, 0.3) is 0 Å². The summed E-state index contributed by atoms with van der Waals surface area (Å²) in [6.45, 7) is 0. The van der Waals surface area contributed by atoms with Crippen LogP contribution in [0, 0.1) is 0 Å². The molecule has 0 radical (unpaired) electrons. The highest BCUT2D eigenvalue weighted by Crippen LogP contribution is 2.78. The van der Waals surface area contributed by atoms with E-state index < -0.39 is 68.9 Å². The van der Waals surface area contributed by atoms with Crippen molar-refractivity contribution < 1.29 is 19.8 Å². The third-order valence-corrected chi connectivity index (χ3v) is 18.6. The van der Waals surface area contributed by atoms with Crippen LogP contribution in [0.5, 0.6) is 0 Å². The van der Waals surface area contributed by atoms with Crippen molar-refractivity contribution in [1.29, 1.82) is 0 Å². The summed E-state index contributed by atoms with van der Waals surface area (Å²) in [6, 6.07) is 0. The number of halogens is 16. The molecule has 0 aromatic heterocycles. The zero-order valence-corrected chi connectivity index (χ0v) is 28.5. The maximum Gasteiger partial charge on any atom is 0.331 e. The first kappa shape index (κ1) is 35.1. The van der Waals surface area contributed by atoms with Crippen molar-refractivity contribution in [2.24, 2.45) is 0 Å². The van der Waals surface area contributed by atoms with E-state index in [9.17, 15) is 19.8 Å². The molecule has 21 heteroatoms. The average molecular weight is 838 g/mol. The van der Waals surface area contributed by atoms with Gasteiger partial charge in [0, 0.05) is 12.8 Å². The Kier molecular flexibility index (Phi) is 9.76. The van der Waals surface area contributed by atoms with Crippen LogP contribution in [-0.4, -0.2) is 66.3 Å². The zero-order chi connectivity index (χ0) is 28.3. The van der Waals surface area contributed by atoms with Crippen LogP contribution >= 0.6 is 197 Å². The van der Waals surface area contributed by atoms with Crippen LogP contribution in [0.15, 0.2) is 0 Å². The predicted octanol–water partition coefficient (Wildman–Crippen LogP) is 9.56. The molecule has 0 heterocycles. The van der Waals surface area contributed by atoms with Crippen LogP contribution in [-0.2, 0) is 9.59 Å². The normalized spacial score (nSPS) is 42.7. The van der Waals surface area contributed by atoms with Gasteiger partial charge in [-0.3, -0.25) is 9.59 Å². The molecular weight excluding hydrogens is 831 g/mol. The van der Waals surface area contributed by atoms with Gasteiger partial charge in [0.2, 0.25) is 9.75 Å². The van der Waals surface area contributed by atoms with E-state index in [1.807, 2.05) is 0 Å². The quantitative estimate of drug-likeness (QED) is 0.276. The lowest BCUT2D eigenvalue weighted by Crippen LogP contribution is -2.78. The molecule has 35 heavy (non-hydrogen) atoms. The summed E-state index contributed by atoms with van der Waals surface area (Å²) in [6.07, 6.45) is -1.72. The minimum Gasteiger partial charge on any atom is -0.480 e. The first-order valence-electron chi connectivity index (χ1n) is 8.20. The van der Waals surface area contributed by atoms with Crippen molar-refractivity contribution in [3.05, 3.63) is 0 Å². The monoisotopic (exact) mass is 830 g/mol. The van der Waals surface area contributed by atoms with Crippen LogP contribution in [0.4, 0.5) is 0 Å². The highest BCUT2D eigenvalue weighted by molar-refractivity contribution is 8.04. The molecule has 0 aliphatic heterocycles. The minimum absolute atomic E-state index is 0.141. The molecule has 2 rings (SSSR count).